The quantitative estimate of drug-likeness (QED) is 0.147. The highest BCUT2D eigenvalue weighted by Crippen LogP contribution is 2.36. The van der Waals surface area contributed by atoms with Crippen molar-refractivity contribution in [1.29, 1.82) is 0 Å². The Kier molecular flexibility index (Phi) is 9.68. The van der Waals surface area contributed by atoms with E-state index in [4.69, 9.17) is 19.9 Å². The highest BCUT2D eigenvalue weighted by atomic mass is 15.0. The summed E-state index contributed by atoms with van der Waals surface area (Å²) in [5.41, 5.74) is 16.0. The molecule has 60 heavy (non-hydrogen) atoms. The zero-order valence-electron chi connectivity index (χ0n) is 33.4. The predicted molar refractivity (Wildman–Crippen MR) is 246 cm³/mol. The molecule has 0 radical (unpaired) electrons. The molecule has 10 aromatic rings. The van der Waals surface area contributed by atoms with Crippen LogP contribution in [0.4, 0.5) is 0 Å². The van der Waals surface area contributed by atoms with Gasteiger partial charge < -0.3 is 0 Å². The second kappa shape index (κ2) is 15.9. The maximum absolute atomic E-state index is 5.18. The molecule has 0 saturated heterocycles. The lowest BCUT2D eigenvalue weighted by Gasteiger charge is -2.14. The zero-order chi connectivity index (χ0) is 40.4. The van der Waals surface area contributed by atoms with Crippen LogP contribution < -0.4 is 0 Å². The first-order chi connectivity index (χ1) is 29.5. The summed E-state index contributed by atoms with van der Waals surface area (Å²) in [6, 6.07) is 69.9. The van der Waals surface area contributed by atoms with E-state index >= 15 is 0 Å². The third-order valence-electron chi connectivity index (χ3n) is 11.1. The van der Waals surface area contributed by atoms with Crippen LogP contribution in [0.1, 0.15) is 25.3 Å². The fourth-order valence-electron chi connectivity index (χ4n) is 7.82. The molecule has 5 heteroatoms. The molecule has 3 heterocycles. The average molecular weight is 772 g/mol. The minimum atomic E-state index is 0.284. The summed E-state index contributed by atoms with van der Waals surface area (Å²) >= 11 is 0. The van der Waals surface area contributed by atoms with Gasteiger partial charge in [-0.25, -0.2) is 19.9 Å². The first-order valence-corrected chi connectivity index (χ1v) is 20.4. The standard InChI is InChI=1S/C55H41N5/c1-37(2)47-34-48(42-21-27-43(28-22-42)51-52(44-18-10-5-11-19-44)60-33-13-12-20-50(60)56-51)36-49(35-47)55-58-53(45-29-23-40(24-30-45)38-14-6-3-7-15-38)57-54(59-55)46-31-25-41(26-32-46)39-16-8-4-9-17-39/h3-37H,1-2H3. The molecule has 0 fully saturated rings. The molecule has 0 aliphatic carbocycles. The maximum Gasteiger partial charge on any atom is 0.164 e. The molecule has 0 amide bonds. The molecule has 5 nitrogen and oxygen atoms in total. The first kappa shape index (κ1) is 36.6. The van der Waals surface area contributed by atoms with E-state index in [1.807, 2.05) is 24.3 Å². The van der Waals surface area contributed by atoms with Crippen LogP contribution in [-0.4, -0.2) is 24.3 Å². The van der Waals surface area contributed by atoms with Gasteiger partial charge in [-0.2, -0.15) is 0 Å². The number of fused-ring (bicyclic) bond motifs is 1. The second-order valence-electron chi connectivity index (χ2n) is 15.4. The van der Waals surface area contributed by atoms with Gasteiger partial charge in [0, 0.05) is 34.0 Å². The van der Waals surface area contributed by atoms with Gasteiger partial charge in [-0.3, -0.25) is 4.40 Å². The summed E-state index contributed by atoms with van der Waals surface area (Å²) in [5, 5.41) is 0. The SMILES string of the molecule is CC(C)c1cc(-c2ccc(-c3nc4ccccn4c3-c3ccccc3)cc2)cc(-c2nc(-c3ccc(-c4ccccc4)cc3)nc(-c3ccc(-c4ccccc4)cc3)n2)c1. The Bertz CT molecular complexity index is 2960. The number of nitrogens with zero attached hydrogens (tertiary/aromatic N) is 5. The number of benzene rings is 7. The zero-order valence-corrected chi connectivity index (χ0v) is 33.4. The molecule has 10 rings (SSSR count). The van der Waals surface area contributed by atoms with Gasteiger partial charge in [0.05, 0.1) is 11.4 Å². The van der Waals surface area contributed by atoms with Crippen LogP contribution in [0.3, 0.4) is 0 Å². The molecular weight excluding hydrogens is 731 g/mol. The van der Waals surface area contributed by atoms with Crippen LogP contribution in [0.5, 0.6) is 0 Å². The second-order valence-corrected chi connectivity index (χ2v) is 15.4. The van der Waals surface area contributed by atoms with Gasteiger partial charge in [0.1, 0.15) is 5.65 Å². The Morgan fingerprint density at radius 3 is 1.25 bits per heavy atom. The van der Waals surface area contributed by atoms with Gasteiger partial charge in [0.2, 0.25) is 0 Å². The van der Waals surface area contributed by atoms with E-state index in [1.54, 1.807) is 0 Å². The van der Waals surface area contributed by atoms with E-state index in [2.05, 4.69) is 200 Å². The Labute approximate surface area is 350 Å². The van der Waals surface area contributed by atoms with Gasteiger partial charge in [-0.05, 0) is 69.1 Å². The highest BCUT2D eigenvalue weighted by molar-refractivity contribution is 5.84. The predicted octanol–water partition coefficient (Wildman–Crippen LogP) is 14.0. The monoisotopic (exact) mass is 771 g/mol. The topological polar surface area (TPSA) is 56.0 Å². The van der Waals surface area contributed by atoms with Crippen molar-refractivity contribution in [2.45, 2.75) is 19.8 Å². The third kappa shape index (κ3) is 7.29. The summed E-state index contributed by atoms with van der Waals surface area (Å²) in [4.78, 5) is 20.6. The fraction of sp³-hybridized carbons (Fsp3) is 0.0545. The van der Waals surface area contributed by atoms with Gasteiger partial charge in [-0.15, -0.1) is 0 Å². The Balaban J connectivity index is 1.06. The molecule has 0 N–H and O–H groups in total. The van der Waals surface area contributed by atoms with E-state index in [9.17, 15) is 0 Å². The largest absolute Gasteiger partial charge is 0.299 e. The van der Waals surface area contributed by atoms with Crippen molar-refractivity contribution in [2.24, 2.45) is 0 Å². The highest BCUT2D eigenvalue weighted by Gasteiger charge is 2.18. The maximum atomic E-state index is 5.18. The normalized spacial score (nSPS) is 11.3. The Morgan fingerprint density at radius 1 is 0.333 bits per heavy atom. The van der Waals surface area contributed by atoms with Crippen LogP contribution in [0.2, 0.25) is 0 Å². The summed E-state index contributed by atoms with van der Waals surface area (Å²) < 4.78 is 2.17. The van der Waals surface area contributed by atoms with Crippen molar-refractivity contribution in [2.75, 3.05) is 0 Å². The molecular formula is C55H41N5. The van der Waals surface area contributed by atoms with Crippen LogP contribution in [0, 0.1) is 0 Å². The molecule has 0 atom stereocenters. The van der Waals surface area contributed by atoms with Gasteiger partial charge in [0.15, 0.2) is 17.5 Å². The van der Waals surface area contributed by atoms with Crippen molar-refractivity contribution < 1.29 is 0 Å². The minimum absolute atomic E-state index is 0.284. The minimum Gasteiger partial charge on any atom is -0.299 e. The van der Waals surface area contributed by atoms with Crippen molar-refractivity contribution in [3.8, 4) is 90.1 Å². The Morgan fingerprint density at radius 2 is 0.733 bits per heavy atom. The lowest BCUT2D eigenvalue weighted by molar-refractivity contribution is 0.867. The van der Waals surface area contributed by atoms with Crippen molar-refractivity contribution >= 4 is 5.65 Å². The summed E-state index contributed by atoms with van der Waals surface area (Å²) in [6.07, 6.45) is 2.08. The summed E-state index contributed by atoms with van der Waals surface area (Å²) in [7, 11) is 0. The molecule has 0 aliphatic rings. The van der Waals surface area contributed by atoms with Crippen molar-refractivity contribution in [3.63, 3.8) is 0 Å². The van der Waals surface area contributed by atoms with E-state index in [0.717, 1.165) is 67.1 Å². The number of hydrogen-bond donors (Lipinski definition) is 0. The number of hydrogen-bond acceptors (Lipinski definition) is 4. The van der Waals surface area contributed by atoms with Crippen molar-refractivity contribution in [3.05, 3.63) is 212 Å². The van der Waals surface area contributed by atoms with E-state index < -0.39 is 0 Å². The molecule has 0 spiro atoms. The molecule has 0 bridgehead atoms. The lowest BCUT2D eigenvalue weighted by Crippen LogP contribution is -2.01. The number of rotatable bonds is 9. The van der Waals surface area contributed by atoms with Crippen molar-refractivity contribution in [1.82, 2.24) is 24.3 Å². The fourth-order valence-corrected chi connectivity index (χ4v) is 7.82. The van der Waals surface area contributed by atoms with Crippen LogP contribution in [-0.2, 0) is 0 Å². The molecule has 0 saturated carbocycles. The van der Waals surface area contributed by atoms with E-state index in [1.165, 1.54) is 16.7 Å². The smallest absolute Gasteiger partial charge is 0.164 e. The van der Waals surface area contributed by atoms with Gasteiger partial charge in [-0.1, -0.05) is 190 Å². The van der Waals surface area contributed by atoms with Gasteiger partial charge >= 0.3 is 0 Å². The first-order valence-electron chi connectivity index (χ1n) is 20.4. The molecule has 7 aromatic carbocycles. The summed E-state index contributed by atoms with van der Waals surface area (Å²) in [6.45, 7) is 4.46. The molecule has 3 aromatic heterocycles. The third-order valence-corrected chi connectivity index (χ3v) is 11.1. The van der Waals surface area contributed by atoms with Crippen LogP contribution in [0.25, 0.3) is 95.7 Å². The number of imidazole rings is 1. The average Bonchev–Trinajstić information content (AvgIpc) is 3.72. The number of aromatic nitrogens is 5. The van der Waals surface area contributed by atoms with Crippen LogP contribution >= 0.6 is 0 Å². The van der Waals surface area contributed by atoms with E-state index in [-0.39, 0.29) is 5.92 Å². The number of pyridine rings is 1. The molecule has 0 aliphatic heterocycles. The van der Waals surface area contributed by atoms with Crippen LogP contribution in [0.15, 0.2) is 206 Å². The van der Waals surface area contributed by atoms with E-state index in [0.29, 0.717) is 17.5 Å². The lowest BCUT2D eigenvalue weighted by atomic mass is 9.93. The van der Waals surface area contributed by atoms with Gasteiger partial charge in [0.25, 0.3) is 0 Å². The summed E-state index contributed by atoms with van der Waals surface area (Å²) in [5.74, 6) is 2.17. The molecule has 286 valence electrons. The molecule has 0 unspecified atom stereocenters. The Hall–Kier alpha value is -7.76.